The molecule has 180 valence electrons. The van der Waals surface area contributed by atoms with Gasteiger partial charge in [-0.05, 0) is 59.6 Å². The molecule has 1 unspecified atom stereocenters. The highest BCUT2D eigenvalue weighted by molar-refractivity contribution is 6.08. The number of amides is 3. The minimum atomic E-state index is -1.18. The highest BCUT2D eigenvalue weighted by Gasteiger charge is 2.29. The third-order valence-corrected chi connectivity index (χ3v) is 6.16. The van der Waals surface area contributed by atoms with Crippen LogP contribution >= 0.6 is 0 Å². The van der Waals surface area contributed by atoms with Crippen molar-refractivity contribution in [3.8, 4) is 0 Å². The smallest absolute Gasteiger partial charge is 0.339 e. The number of ether oxygens (including phenoxy) is 1. The number of rotatable bonds is 4. The van der Waals surface area contributed by atoms with Gasteiger partial charge < -0.3 is 10.5 Å². The number of hydrogen-bond acceptors (Lipinski definition) is 5. The summed E-state index contributed by atoms with van der Waals surface area (Å²) in [6, 6.07) is 14.8. The minimum absolute atomic E-state index is 0.0762. The highest BCUT2D eigenvalue weighted by atomic mass is 16.5. The van der Waals surface area contributed by atoms with Gasteiger partial charge in [-0.2, -0.15) is 0 Å². The molecule has 7 heteroatoms. The van der Waals surface area contributed by atoms with Crippen LogP contribution in [0.4, 0.5) is 4.79 Å². The van der Waals surface area contributed by atoms with Crippen LogP contribution in [0.15, 0.2) is 48.5 Å². The molecule has 0 fully saturated rings. The lowest BCUT2D eigenvalue weighted by Gasteiger charge is -2.18. The third-order valence-electron chi connectivity index (χ3n) is 6.16. The van der Waals surface area contributed by atoms with Gasteiger partial charge in [0, 0.05) is 5.39 Å². The summed E-state index contributed by atoms with van der Waals surface area (Å²) in [5.41, 5.74) is 11.1. The topological polar surface area (TPSA) is 111 Å². The van der Waals surface area contributed by atoms with Gasteiger partial charge in [-0.3, -0.25) is 10.1 Å². The number of pyridine rings is 1. The zero-order valence-electron chi connectivity index (χ0n) is 20.3. The van der Waals surface area contributed by atoms with Gasteiger partial charge in [0.15, 0.2) is 6.10 Å². The fraction of sp³-hybridized carbons (Fsp3) is 0.286. The van der Waals surface area contributed by atoms with Gasteiger partial charge in [-0.1, -0.05) is 63.2 Å². The number of benzene rings is 2. The van der Waals surface area contributed by atoms with Gasteiger partial charge in [-0.15, -0.1) is 0 Å². The Hall–Kier alpha value is -4.00. The molecule has 7 nitrogen and oxygen atoms in total. The molecule has 0 radical (unpaired) electrons. The van der Waals surface area contributed by atoms with E-state index in [4.69, 9.17) is 15.5 Å². The van der Waals surface area contributed by atoms with Gasteiger partial charge in [-0.25, -0.2) is 14.6 Å². The maximum Gasteiger partial charge on any atom is 0.339 e. The summed E-state index contributed by atoms with van der Waals surface area (Å²) in [5.74, 6) is -1.41. The van der Waals surface area contributed by atoms with Crippen LogP contribution in [0.3, 0.4) is 0 Å². The lowest BCUT2D eigenvalue weighted by Crippen LogP contribution is -2.42. The number of hydrogen-bond donors (Lipinski definition) is 2. The van der Waals surface area contributed by atoms with Crippen molar-refractivity contribution in [2.45, 2.75) is 52.1 Å². The van der Waals surface area contributed by atoms with E-state index >= 15 is 0 Å². The summed E-state index contributed by atoms with van der Waals surface area (Å²) in [4.78, 5) is 41.2. The number of allylic oxidation sites excluding steroid dienone is 1. The van der Waals surface area contributed by atoms with Crippen LogP contribution in [-0.4, -0.2) is 29.0 Å². The Morgan fingerprint density at radius 3 is 2.40 bits per heavy atom. The van der Waals surface area contributed by atoms with Crippen molar-refractivity contribution in [2.75, 3.05) is 0 Å². The van der Waals surface area contributed by atoms with Crippen LogP contribution in [0.5, 0.6) is 0 Å². The van der Waals surface area contributed by atoms with Crippen LogP contribution < -0.4 is 11.1 Å². The SMILES string of the molecule is CC(OC(=O)c1c2c(nc3ccccc13)C(=Cc1ccc(C(C)(C)C)cc1)CC2)C(=O)NC(N)=O. The molecule has 1 atom stereocenters. The molecular weight excluding hydrogens is 442 g/mol. The van der Waals surface area contributed by atoms with Gasteiger partial charge in [0.25, 0.3) is 5.91 Å². The van der Waals surface area contributed by atoms with Crippen LogP contribution in [-0.2, 0) is 21.4 Å². The first-order valence-electron chi connectivity index (χ1n) is 11.6. The van der Waals surface area contributed by atoms with E-state index in [1.807, 2.05) is 29.6 Å². The molecule has 35 heavy (non-hydrogen) atoms. The van der Waals surface area contributed by atoms with Crippen molar-refractivity contribution in [1.82, 2.24) is 10.3 Å². The zero-order chi connectivity index (χ0) is 25.3. The van der Waals surface area contributed by atoms with Crippen LogP contribution in [0.25, 0.3) is 22.6 Å². The second kappa shape index (κ2) is 9.33. The summed E-state index contributed by atoms with van der Waals surface area (Å²) in [6.07, 6.45) is 2.29. The van der Waals surface area contributed by atoms with Crippen LogP contribution in [0, 0.1) is 0 Å². The Morgan fingerprint density at radius 1 is 1.06 bits per heavy atom. The molecule has 3 amide bonds. The van der Waals surface area contributed by atoms with E-state index in [0.717, 1.165) is 28.8 Å². The molecule has 0 saturated heterocycles. The van der Waals surface area contributed by atoms with E-state index in [2.05, 4.69) is 51.1 Å². The van der Waals surface area contributed by atoms with Crippen molar-refractivity contribution >= 4 is 40.5 Å². The van der Waals surface area contributed by atoms with Crippen LogP contribution in [0.1, 0.15) is 66.9 Å². The second-order valence-corrected chi connectivity index (χ2v) is 9.77. The Kier molecular flexibility index (Phi) is 6.43. The highest BCUT2D eigenvalue weighted by Crippen LogP contribution is 2.38. The number of carbonyl (C=O) groups excluding carboxylic acids is 3. The monoisotopic (exact) mass is 471 g/mol. The number of nitrogens with one attached hydrogen (secondary N) is 1. The number of fused-ring (bicyclic) bond motifs is 2. The molecule has 0 aliphatic heterocycles. The number of urea groups is 1. The van der Waals surface area contributed by atoms with Gasteiger partial charge in [0.2, 0.25) is 0 Å². The van der Waals surface area contributed by atoms with Gasteiger partial charge >= 0.3 is 12.0 Å². The quantitative estimate of drug-likeness (QED) is 0.533. The lowest BCUT2D eigenvalue weighted by molar-refractivity contribution is -0.127. The average molecular weight is 472 g/mol. The number of nitrogens with zero attached hydrogens (tertiary/aromatic N) is 1. The number of carbonyl (C=O) groups is 3. The summed E-state index contributed by atoms with van der Waals surface area (Å²) in [7, 11) is 0. The van der Waals surface area contributed by atoms with Crippen LogP contribution in [0.2, 0.25) is 0 Å². The third kappa shape index (κ3) is 5.09. The van der Waals surface area contributed by atoms with Crippen molar-refractivity contribution in [1.29, 1.82) is 0 Å². The molecule has 4 rings (SSSR count). The molecule has 1 aliphatic rings. The number of imide groups is 1. The number of primary amides is 1. The number of nitrogens with two attached hydrogens (primary N) is 1. The summed E-state index contributed by atoms with van der Waals surface area (Å²) < 4.78 is 5.43. The molecule has 0 spiro atoms. The van der Waals surface area contributed by atoms with E-state index in [1.165, 1.54) is 12.5 Å². The fourth-order valence-electron chi connectivity index (χ4n) is 4.29. The first-order chi connectivity index (χ1) is 16.5. The molecular formula is C28H29N3O4. The standard InChI is InChI=1S/C28H29N3O4/c1-16(25(32)31-27(29)34)35-26(33)23-20-7-5-6-8-22(20)30-24-18(11-14-21(23)24)15-17-9-12-19(13-10-17)28(2,3)4/h5-10,12-13,15-16H,11,14H2,1-4H3,(H3,29,31,32,34). The maximum absolute atomic E-state index is 13.2. The van der Waals surface area contributed by atoms with Gasteiger partial charge in [0.1, 0.15) is 0 Å². The fourth-order valence-corrected chi connectivity index (χ4v) is 4.29. The predicted octanol–water partition coefficient (Wildman–Crippen LogP) is 4.76. The number of esters is 1. The van der Waals surface area contributed by atoms with Crippen molar-refractivity contribution in [3.05, 3.63) is 76.5 Å². The molecule has 1 aromatic heterocycles. The minimum Gasteiger partial charge on any atom is -0.449 e. The molecule has 3 N–H and O–H groups in total. The Bertz CT molecular complexity index is 1350. The number of aromatic nitrogens is 1. The molecule has 1 aliphatic carbocycles. The zero-order valence-corrected chi connectivity index (χ0v) is 20.3. The number of para-hydroxylation sites is 1. The van der Waals surface area contributed by atoms with E-state index in [-0.39, 0.29) is 5.41 Å². The van der Waals surface area contributed by atoms with E-state index in [0.29, 0.717) is 22.9 Å². The average Bonchev–Trinajstić information content (AvgIpc) is 3.18. The first-order valence-corrected chi connectivity index (χ1v) is 11.6. The van der Waals surface area contributed by atoms with Gasteiger partial charge in [0.05, 0.1) is 16.8 Å². The predicted molar refractivity (Wildman–Crippen MR) is 136 cm³/mol. The Labute approximate surface area is 204 Å². The van der Waals surface area contributed by atoms with Crippen molar-refractivity contribution in [2.24, 2.45) is 5.73 Å². The molecule has 0 saturated carbocycles. The first kappa shape index (κ1) is 24.1. The molecule has 3 aromatic rings. The van der Waals surface area contributed by atoms with E-state index in [1.54, 1.807) is 0 Å². The molecule has 0 bridgehead atoms. The van der Waals surface area contributed by atoms with Crippen molar-refractivity contribution in [3.63, 3.8) is 0 Å². The maximum atomic E-state index is 13.2. The Balaban J connectivity index is 1.72. The van der Waals surface area contributed by atoms with E-state index in [9.17, 15) is 14.4 Å². The lowest BCUT2D eigenvalue weighted by atomic mass is 9.86. The summed E-state index contributed by atoms with van der Waals surface area (Å²) in [5, 5.41) is 2.60. The normalized spacial score (nSPS) is 15.0. The molecule has 1 heterocycles. The largest absolute Gasteiger partial charge is 0.449 e. The van der Waals surface area contributed by atoms with Crippen molar-refractivity contribution < 1.29 is 19.1 Å². The summed E-state index contributed by atoms with van der Waals surface area (Å²) in [6.45, 7) is 7.94. The summed E-state index contributed by atoms with van der Waals surface area (Å²) >= 11 is 0. The second-order valence-electron chi connectivity index (χ2n) is 9.77. The Morgan fingerprint density at radius 2 is 1.74 bits per heavy atom. The van der Waals surface area contributed by atoms with E-state index < -0.39 is 24.0 Å². The molecule has 2 aromatic carbocycles.